The van der Waals surface area contributed by atoms with E-state index in [4.69, 9.17) is 4.74 Å². The first-order chi connectivity index (χ1) is 13.9. The molecule has 2 aromatic carbocycles. The number of pyridine rings is 1. The average molecular weight is 479 g/mol. The predicted molar refractivity (Wildman–Crippen MR) is 108 cm³/mol. The molecule has 1 amide bonds. The Labute approximate surface area is 175 Å². The Kier molecular flexibility index (Phi) is 5.37. The lowest BCUT2D eigenvalue weighted by molar-refractivity contribution is 0.0300. The number of hydrogen-bond donors (Lipinski definition) is 0. The van der Waals surface area contributed by atoms with Gasteiger partial charge in [-0.2, -0.15) is 0 Å². The number of amides is 1. The van der Waals surface area contributed by atoms with E-state index < -0.39 is 21.6 Å². The third kappa shape index (κ3) is 3.77. The van der Waals surface area contributed by atoms with Crippen molar-refractivity contribution in [3.8, 4) is 0 Å². The van der Waals surface area contributed by atoms with Crippen LogP contribution in [0.15, 0.2) is 62.9 Å². The summed E-state index contributed by atoms with van der Waals surface area (Å²) in [7, 11) is -4.12. The molecular weight excluding hydrogens is 463 g/mol. The first-order valence-corrected chi connectivity index (χ1v) is 11.1. The number of fused-ring (bicyclic) bond motifs is 1. The molecule has 1 saturated heterocycles. The third-order valence-corrected chi connectivity index (χ3v) is 7.10. The number of morpholine rings is 1. The molecule has 0 radical (unpaired) electrons. The zero-order valence-corrected chi connectivity index (χ0v) is 17.5. The van der Waals surface area contributed by atoms with Crippen molar-refractivity contribution in [2.45, 2.75) is 9.79 Å². The maximum absolute atomic E-state index is 14.0. The van der Waals surface area contributed by atoms with Crippen LogP contribution in [0.3, 0.4) is 0 Å². The fraction of sp³-hybridized carbons (Fsp3) is 0.200. The summed E-state index contributed by atoms with van der Waals surface area (Å²) < 4.78 is 47.0. The second-order valence-electron chi connectivity index (χ2n) is 6.52. The number of rotatable bonds is 3. The fourth-order valence-electron chi connectivity index (χ4n) is 3.25. The Morgan fingerprint density at radius 1 is 1.10 bits per heavy atom. The lowest BCUT2D eigenvalue weighted by atomic mass is 10.1. The topological polar surface area (TPSA) is 76.6 Å². The lowest BCUT2D eigenvalue weighted by Crippen LogP contribution is -2.41. The van der Waals surface area contributed by atoms with Gasteiger partial charge in [0.05, 0.1) is 34.1 Å². The number of sulfone groups is 1. The van der Waals surface area contributed by atoms with Crippen molar-refractivity contribution in [1.82, 2.24) is 9.88 Å². The van der Waals surface area contributed by atoms with Gasteiger partial charge >= 0.3 is 0 Å². The number of carbonyl (C=O) groups is 1. The minimum atomic E-state index is -4.12. The third-order valence-electron chi connectivity index (χ3n) is 4.70. The average Bonchev–Trinajstić information content (AvgIpc) is 2.73. The van der Waals surface area contributed by atoms with Crippen molar-refractivity contribution in [1.29, 1.82) is 0 Å². The molecule has 0 spiro atoms. The van der Waals surface area contributed by atoms with E-state index in [0.29, 0.717) is 36.3 Å². The number of carbonyl (C=O) groups excluding carboxylic acids is 1. The molecule has 29 heavy (non-hydrogen) atoms. The van der Waals surface area contributed by atoms with Crippen molar-refractivity contribution >= 4 is 42.6 Å². The number of ether oxygens (including phenoxy) is 1. The maximum atomic E-state index is 14.0. The largest absolute Gasteiger partial charge is 0.378 e. The smallest absolute Gasteiger partial charge is 0.256 e. The van der Waals surface area contributed by atoms with Gasteiger partial charge in [-0.15, -0.1) is 0 Å². The summed E-state index contributed by atoms with van der Waals surface area (Å²) in [5.41, 5.74) is 0.216. The molecule has 6 nitrogen and oxygen atoms in total. The lowest BCUT2D eigenvalue weighted by Gasteiger charge is -2.27. The van der Waals surface area contributed by atoms with Gasteiger partial charge in [0.1, 0.15) is 5.82 Å². The molecule has 1 fully saturated rings. The Hall–Kier alpha value is -2.36. The number of aromatic nitrogens is 1. The van der Waals surface area contributed by atoms with Crippen LogP contribution in [-0.4, -0.2) is 50.5 Å². The molecular formula is C20H16BrFN2O4S. The van der Waals surface area contributed by atoms with E-state index in [1.807, 2.05) is 0 Å². The summed E-state index contributed by atoms with van der Waals surface area (Å²) in [6.07, 6.45) is 1.25. The van der Waals surface area contributed by atoms with Crippen molar-refractivity contribution in [3.05, 3.63) is 64.5 Å². The molecule has 0 N–H and O–H groups in total. The highest BCUT2D eigenvalue weighted by molar-refractivity contribution is 9.10. The molecule has 2 heterocycles. The van der Waals surface area contributed by atoms with Gasteiger partial charge in [-0.3, -0.25) is 9.78 Å². The zero-order valence-electron chi connectivity index (χ0n) is 15.1. The second-order valence-corrected chi connectivity index (χ2v) is 9.33. The van der Waals surface area contributed by atoms with Gasteiger partial charge in [0.25, 0.3) is 5.91 Å². The standard InChI is InChI=1S/C20H16BrFN2O4S/c21-13-1-4-15(5-2-13)29(26,27)19-16-11-14(22)3-6-18(16)23-12-17(19)20(25)24-7-9-28-10-8-24/h1-6,11-12H,7-10H2. The molecule has 1 aromatic heterocycles. The summed E-state index contributed by atoms with van der Waals surface area (Å²) in [5.74, 6) is -1.08. The van der Waals surface area contributed by atoms with E-state index in [-0.39, 0.29) is 20.7 Å². The number of halogens is 2. The van der Waals surface area contributed by atoms with Gasteiger partial charge in [0.2, 0.25) is 9.84 Å². The molecule has 0 aliphatic carbocycles. The molecule has 9 heteroatoms. The zero-order chi connectivity index (χ0) is 20.6. The Balaban J connectivity index is 1.97. The summed E-state index contributed by atoms with van der Waals surface area (Å²) in [6.45, 7) is 1.43. The molecule has 0 bridgehead atoms. The van der Waals surface area contributed by atoms with Crippen molar-refractivity contribution in [2.24, 2.45) is 0 Å². The van der Waals surface area contributed by atoms with Crippen LogP contribution in [-0.2, 0) is 14.6 Å². The Morgan fingerprint density at radius 3 is 2.48 bits per heavy atom. The normalized spacial score (nSPS) is 14.9. The number of hydrogen-bond acceptors (Lipinski definition) is 5. The highest BCUT2D eigenvalue weighted by Crippen LogP contribution is 2.32. The minimum Gasteiger partial charge on any atom is -0.378 e. The summed E-state index contributed by atoms with van der Waals surface area (Å²) in [4.78, 5) is 18.6. The van der Waals surface area contributed by atoms with Gasteiger partial charge in [0.15, 0.2) is 0 Å². The molecule has 0 saturated carbocycles. The molecule has 1 aliphatic rings. The van der Waals surface area contributed by atoms with Crippen LogP contribution >= 0.6 is 15.9 Å². The minimum absolute atomic E-state index is 0.00786. The number of benzene rings is 2. The van der Waals surface area contributed by atoms with E-state index in [1.165, 1.54) is 35.4 Å². The number of nitrogens with zero attached hydrogens (tertiary/aromatic N) is 2. The summed E-state index contributed by atoms with van der Waals surface area (Å²) in [6, 6.07) is 9.77. The molecule has 4 rings (SSSR count). The molecule has 0 unspecified atom stereocenters. The van der Waals surface area contributed by atoms with Crippen LogP contribution in [0.2, 0.25) is 0 Å². The first-order valence-electron chi connectivity index (χ1n) is 8.84. The van der Waals surface area contributed by atoms with Crippen LogP contribution in [0.25, 0.3) is 10.9 Å². The van der Waals surface area contributed by atoms with Crippen molar-refractivity contribution in [3.63, 3.8) is 0 Å². The van der Waals surface area contributed by atoms with Crippen LogP contribution in [0.4, 0.5) is 4.39 Å². The first kappa shape index (κ1) is 19.9. The van der Waals surface area contributed by atoms with E-state index in [2.05, 4.69) is 20.9 Å². The van der Waals surface area contributed by atoms with E-state index in [0.717, 1.165) is 6.07 Å². The van der Waals surface area contributed by atoms with Gasteiger partial charge in [-0.05, 0) is 42.5 Å². The highest BCUT2D eigenvalue weighted by Gasteiger charge is 2.30. The van der Waals surface area contributed by atoms with Crippen LogP contribution in [0.1, 0.15) is 10.4 Å². The van der Waals surface area contributed by atoms with Crippen molar-refractivity contribution in [2.75, 3.05) is 26.3 Å². The fourth-order valence-corrected chi connectivity index (χ4v) is 5.13. The molecule has 3 aromatic rings. The second kappa shape index (κ2) is 7.81. The van der Waals surface area contributed by atoms with E-state index in [1.54, 1.807) is 12.1 Å². The molecule has 1 aliphatic heterocycles. The molecule has 0 atom stereocenters. The van der Waals surface area contributed by atoms with Gasteiger partial charge < -0.3 is 9.64 Å². The maximum Gasteiger partial charge on any atom is 0.256 e. The Morgan fingerprint density at radius 2 is 1.79 bits per heavy atom. The molecule has 150 valence electrons. The monoisotopic (exact) mass is 478 g/mol. The Bertz CT molecular complexity index is 1190. The highest BCUT2D eigenvalue weighted by atomic mass is 79.9. The van der Waals surface area contributed by atoms with Gasteiger partial charge in [-0.25, -0.2) is 12.8 Å². The van der Waals surface area contributed by atoms with E-state index in [9.17, 15) is 17.6 Å². The van der Waals surface area contributed by atoms with Gasteiger partial charge in [0, 0.05) is 29.1 Å². The predicted octanol–water partition coefficient (Wildman–Crippen LogP) is 3.44. The quantitative estimate of drug-likeness (QED) is 0.576. The summed E-state index contributed by atoms with van der Waals surface area (Å²) in [5, 5.41) is 0.0760. The van der Waals surface area contributed by atoms with Crippen LogP contribution in [0, 0.1) is 5.82 Å². The van der Waals surface area contributed by atoms with Gasteiger partial charge in [-0.1, -0.05) is 15.9 Å². The van der Waals surface area contributed by atoms with Crippen molar-refractivity contribution < 1.29 is 22.3 Å². The SMILES string of the molecule is O=C(c1cnc2ccc(F)cc2c1S(=O)(=O)c1ccc(Br)cc1)N1CCOCC1. The van der Waals surface area contributed by atoms with Crippen LogP contribution < -0.4 is 0 Å². The van der Waals surface area contributed by atoms with Crippen LogP contribution in [0.5, 0.6) is 0 Å². The van der Waals surface area contributed by atoms with E-state index >= 15 is 0 Å². The summed E-state index contributed by atoms with van der Waals surface area (Å²) >= 11 is 3.28.